The van der Waals surface area contributed by atoms with E-state index < -0.39 is 4.75 Å². The number of halogens is 1. The maximum absolute atomic E-state index is 9.08. The number of fused-ring (bicyclic) bond motifs is 1. The van der Waals surface area contributed by atoms with Gasteiger partial charge >= 0.3 is 0 Å². The van der Waals surface area contributed by atoms with Crippen LogP contribution in [0, 0.1) is 18.3 Å². The molecule has 2 heterocycles. The topological polar surface area (TPSA) is 36.7 Å². The van der Waals surface area contributed by atoms with Crippen LogP contribution in [0.25, 0.3) is 0 Å². The molecule has 0 fully saturated rings. The van der Waals surface area contributed by atoms with Crippen molar-refractivity contribution in [3.63, 3.8) is 0 Å². The number of rotatable bonds is 0. The van der Waals surface area contributed by atoms with Gasteiger partial charge in [0.2, 0.25) is 0 Å². The number of aromatic nitrogens is 1. The molecule has 0 unspecified atom stereocenters. The summed E-state index contributed by atoms with van der Waals surface area (Å²) in [5, 5.41) is 9.59. The maximum Gasteiger partial charge on any atom is 0.142 e. The van der Waals surface area contributed by atoms with Crippen molar-refractivity contribution < 1.29 is 0 Å². The van der Waals surface area contributed by atoms with Gasteiger partial charge in [0.05, 0.1) is 11.8 Å². The van der Waals surface area contributed by atoms with Crippen LogP contribution in [0.4, 0.5) is 0 Å². The van der Waals surface area contributed by atoms with Gasteiger partial charge in [-0.3, -0.25) is 0 Å². The Bertz CT molecular complexity index is 438. The zero-order valence-electron chi connectivity index (χ0n) is 7.97. The standard InChI is InChI=1S/C10H9ClN2S/c1-6-3-7-4-14-10(2,5-12)8(7)13-9(6)11/h3H,4H2,1-2H3/t10-/m1/s1. The van der Waals surface area contributed by atoms with Gasteiger partial charge < -0.3 is 0 Å². The van der Waals surface area contributed by atoms with Gasteiger partial charge in [0.25, 0.3) is 0 Å². The average Bonchev–Trinajstić information content (AvgIpc) is 2.47. The Labute approximate surface area is 92.3 Å². The summed E-state index contributed by atoms with van der Waals surface area (Å²) in [6, 6.07) is 4.31. The van der Waals surface area contributed by atoms with Crippen molar-refractivity contribution in [3.8, 4) is 6.07 Å². The highest BCUT2D eigenvalue weighted by Crippen LogP contribution is 2.46. The Kier molecular flexibility index (Phi) is 2.21. The molecule has 0 aromatic carbocycles. The zero-order valence-corrected chi connectivity index (χ0v) is 9.54. The molecule has 0 bridgehead atoms. The molecule has 2 rings (SSSR count). The molecule has 72 valence electrons. The van der Waals surface area contributed by atoms with Crippen molar-refractivity contribution in [1.82, 2.24) is 4.98 Å². The molecule has 4 heteroatoms. The van der Waals surface area contributed by atoms with Crippen LogP contribution in [0.1, 0.15) is 23.7 Å². The predicted octanol–water partition coefficient (Wildman–Crippen LogP) is 3.03. The second-order valence-corrected chi connectivity index (χ2v) is 5.29. The first kappa shape index (κ1) is 9.82. The highest BCUT2D eigenvalue weighted by Gasteiger charge is 2.37. The molecule has 0 radical (unpaired) electrons. The van der Waals surface area contributed by atoms with Crippen molar-refractivity contribution >= 4 is 23.4 Å². The second-order valence-electron chi connectivity index (χ2n) is 3.54. The molecule has 0 saturated heterocycles. The largest absolute Gasteiger partial charge is 0.238 e. The minimum absolute atomic E-state index is 0.507. The molecule has 14 heavy (non-hydrogen) atoms. The molecule has 0 spiro atoms. The molecule has 0 saturated carbocycles. The summed E-state index contributed by atoms with van der Waals surface area (Å²) in [4.78, 5) is 4.30. The van der Waals surface area contributed by atoms with Gasteiger partial charge in [0, 0.05) is 5.75 Å². The molecular formula is C10H9ClN2S. The highest BCUT2D eigenvalue weighted by atomic mass is 35.5. The molecule has 2 nitrogen and oxygen atoms in total. The average molecular weight is 225 g/mol. The summed E-state index contributed by atoms with van der Waals surface area (Å²) in [5.41, 5.74) is 2.95. The lowest BCUT2D eigenvalue weighted by Gasteiger charge is -2.13. The summed E-state index contributed by atoms with van der Waals surface area (Å²) in [7, 11) is 0. The summed E-state index contributed by atoms with van der Waals surface area (Å²) < 4.78 is -0.521. The maximum atomic E-state index is 9.08. The van der Waals surface area contributed by atoms with Gasteiger partial charge in [-0.2, -0.15) is 5.26 Å². The van der Waals surface area contributed by atoms with E-state index in [1.54, 1.807) is 11.8 Å². The van der Waals surface area contributed by atoms with Gasteiger partial charge in [-0.25, -0.2) is 4.98 Å². The monoisotopic (exact) mass is 224 g/mol. The third kappa shape index (κ3) is 1.30. The predicted molar refractivity (Wildman–Crippen MR) is 58.2 cm³/mol. The summed E-state index contributed by atoms with van der Waals surface area (Å²) in [5.74, 6) is 0.852. The van der Waals surface area contributed by atoms with Gasteiger partial charge in [0.15, 0.2) is 0 Å². The lowest BCUT2D eigenvalue weighted by atomic mass is 10.0. The molecule has 1 aromatic rings. The van der Waals surface area contributed by atoms with Crippen LogP contribution in [-0.2, 0) is 10.5 Å². The summed E-state index contributed by atoms with van der Waals surface area (Å²) >= 11 is 7.56. The first-order valence-electron chi connectivity index (χ1n) is 4.28. The van der Waals surface area contributed by atoms with Crippen LogP contribution < -0.4 is 0 Å². The number of nitrogens with zero attached hydrogens (tertiary/aromatic N) is 2. The Hall–Kier alpha value is -0.720. The van der Waals surface area contributed by atoms with E-state index in [1.807, 2.05) is 19.9 Å². The van der Waals surface area contributed by atoms with Gasteiger partial charge in [-0.15, -0.1) is 11.8 Å². The Morgan fingerprint density at radius 2 is 2.43 bits per heavy atom. The van der Waals surface area contributed by atoms with E-state index in [0.717, 1.165) is 22.6 Å². The van der Waals surface area contributed by atoms with Gasteiger partial charge in [-0.1, -0.05) is 17.7 Å². The quantitative estimate of drug-likeness (QED) is 0.636. The molecule has 1 aliphatic heterocycles. The number of hydrogen-bond acceptors (Lipinski definition) is 3. The number of thioether (sulfide) groups is 1. The van der Waals surface area contributed by atoms with Crippen molar-refractivity contribution in [3.05, 3.63) is 28.0 Å². The van der Waals surface area contributed by atoms with E-state index in [9.17, 15) is 0 Å². The Balaban J connectivity index is 2.63. The van der Waals surface area contributed by atoms with Gasteiger partial charge in [-0.05, 0) is 25.0 Å². The Morgan fingerprint density at radius 3 is 3.07 bits per heavy atom. The van der Waals surface area contributed by atoms with Crippen molar-refractivity contribution in [2.75, 3.05) is 0 Å². The van der Waals surface area contributed by atoms with Crippen LogP contribution in [0.3, 0.4) is 0 Å². The minimum atomic E-state index is -0.521. The number of nitriles is 1. The molecule has 0 N–H and O–H groups in total. The third-order valence-corrected chi connectivity index (χ3v) is 4.11. The van der Waals surface area contributed by atoms with Crippen LogP contribution in [-0.4, -0.2) is 4.98 Å². The fourth-order valence-electron chi connectivity index (χ4n) is 1.55. The SMILES string of the molecule is Cc1cc2c(nc1Cl)[C@@](C)(C#N)SC2. The molecule has 0 amide bonds. The molecular weight excluding hydrogens is 216 g/mol. The highest BCUT2D eigenvalue weighted by molar-refractivity contribution is 8.00. The van der Waals surface area contributed by atoms with Gasteiger partial charge in [0.1, 0.15) is 9.90 Å². The summed E-state index contributed by atoms with van der Waals surface area (Å²) in [6.07, 6.45) is 0. The smallest absolute Gasteiger partial charge is 0.142 e. The van der Waals surface area contributed by atoms with Crippen LogP contribution in [0.5, 0.6) is 0 Å². The molecule has 0 aliphatic carbocycles. The van der Waals surface area contributed by atoms with Crippen LogP contribution >= 0.6 is 23.4 Å². The van der Waals surface area contributed by atoms with E-state index in [2.05, 4.69) is 11.1 Å². The molecule has 1 aromatic heterocycles. The van der Waals surface area contributed by atoms with E-state index >= 15 is 0 Å². The van der Waals surface area contributed by atoms with Crippen molar-refractivity contribution in [1.29, 1.82) is 5.26 Å². The third-order valence-electron chi connectivity index (χ3n) is 2.41. The zero-order chi connectivity index (χ0) is 10.3. The summed E-state index contributed by atoms with van der Waals surface area (Å²) in [6.45, 7) is 3.82. The van der Waals surface area contributed by atoms with Crippen molar-refractivity contribution in [2.24, 2.45) is 0 Å². The van der Waals surface area contributed by atoms with Crippen LogP contribution in [0.2, 0.25) is 5.15 Å². The molecule has 1 aliphatic rings. The normalized spacial score (nSPS) is 24.4. The fourth-order valence-corrected chi connectivity index (χ4v) is 2.73. The van der Waals surface area contributed by atoms with E-state index in [1.165, 1.54) is 0 Å². The number of pyridine rings is 1. The second kappa shape index (κ2) is 3.15. The minimum Gasteiger partial charge on any atom is -0.238 e. The number of aryl methyl sites for hydroxylation is 1. The van der Waals surface area contributed by atoms with E-state index in [0.29, 0.717) is 5.15 Å². The van der Waals surface area contributed by atoms with Crippen molar-refractivity contribution in [2.45, 2.75) is 24.3 Å². The first-order valence-corrected chi connectivity index (χ1v) is 5.65. The lowest BCUT2D eigenvalue weighted by molar-refractivity contribution is 0.854. The van der Waals surface area contributed by atoms with Crippen LogP contribution in [0.15, 0.2) is 6.07 Å². The van der Waals surface area contributed by atoms with E-state index in [4.69, 9.17) is 16.9 Å². The first-order chi connectivity index (χ1) is 6.57. The number of hydrogen-bond donors (Lipinski definition) is 0. The van der Waals surface area contributed by atoms with E-state index in [-0.39, 0.29) is 0 Å². The fraction of sp³-hybridized carbons (Fsp3) is 0.400. The Morgan fingerprint density at radius 1 is 1.71 bits per heavy atom. The molecule has 1 atom stereocenters. The lowest BCUT2D eigenvalue weighted by Crippen LogP contribution is -2.13.